The van der Waals surface area contributed by atoms with E-state index in [4.69, 9.17) is 9.63 Å². The van der Waals surface area contributed by atoms with Crippen LogP contribution in [0, 0.1) is 13.8 Å². The number of rotatable bonds is 5. The quantitative estimate of drug-likeness (QED) is 0.607. The van der Waals surface area contributed by atoms with Gasteiger partial charge in [0.1, 0.15) is 11.4 Å². The zero-order valence-corrected chi connectivity index (χ0v) is 14.4. The Hall–Kier alpha value is -3.35. The minimum Gasteiger partial charge on any atom is -0.506 e. The Morgan fingerprint density at radius 3 is 2.65 bits per heavy atom. The molecule has 1 amide bonds. The summed E-state index contributed by atoms with van der Waals surface area (Å²) in [5, 5.41) is 26.1. The van der Waals surface area contributed by atoms with Crippen LogP contribution >= 0.6 is 0 Å². The predicted octanol–water partition coefficient (Wildman–Crippen LogP) is 2.96. The van der Waals surface area contributed by atoms with Crippen molar-refractivity contribution in [3.8, 4) is 5.75 Å². The first kappa shape index (κ1) is 17.5. The van der Waals surface area contributed by atoms with Crippen LogP contribution in [0.5, 0.6) is 5.75 Å². The van der Waals surface area contributed by atoms with E-state index in [9.17, 15) is 14.7 Å². The monoisotopic (exact) mass is 354 g/mol. The fraction of sp³-hybridized carbons (Fsp3) is 0.211. The van der Waals surface area contributed by atoms with Gasteiger partial charge >= 0.3 is 5.97 Å². The molecule has 0 aliphatic heterocycles. The summed E-state index contributed by atoms with van der Waals surface area (Å²) in [7, 11) is 0. The number of fused-ring (bicyclic) bond motifs is 1. The number of aromatic nitrogens is 1. The number of carboxylic acid groups (broad SMARTS) is 1. The highest BCUT2D eigenvalue weighted by molar-refractivity contribution is 5.96. The highest BCUT2D eigenvalue weighted by atomic mass is 16.5. The van der Waals surface area contributed by atoms with E-state index in [0.29, 0.717) is 16.8 Å². The number of nitrogens with zero attached hydrogens (tertiary/aromatic N) is 1. The van der Waals surface area contributed by atoms with Gasteiger partial charge in [-0.3, -0.25) is 9.59 Å². The van der Waals surface area contributed by atoms with E-state index in [1.54, 1.807) is 0 Å². The lowest BCUT2D eigenvalue weighted by atomic mass is 10.0. The van der Waals surface area contributed by atoms with Crippen molar-refractivity contribution in [3.05, 3.63) is 52.7 Å². The maximum absolute atomic E-state index is 12.4. The molecule has 0 aliphatic carbocycles. The maximum atomic E-state index is 12.4. The zero-order chi connectivity index (χ0) is 18.8. The summed E-state index contributed by atoms with van der Waals surface area (Å²) in [4.78, 5) is 23.2. The number of aryl methyl sites for hydroxylation is 2. The van der Waals surface area contributed by atoms with Gasteiger partial charge in [0.2, 0.25) is 5.91 Å². The van der Waals surface area contributed by atoms with Crippen molar-refractivity contribution in [2.24, 2.45) is 0 Å². The molecule has 7 nitrogen and oxygen atoms in total. The average Bonchev–Trinajstić information content (AvgIpc) is 2.92. The molecule has 1 heterocycles. The van der Waals surface area contributed by atoms with Gasteiger partial charge in [-0.2, -0.15) is 0 Å². The van der Waals surface area contributed by atoms with Crippen LogP contribution < -0.4 is 5.32 Å². The first-order chi connectivity index (χ1) is 12.3. The smallest absolute Gasteiger partial charge is 0.307 e. The average molecular weight is 354 g/mol. The van der Waals surface area contributed by atoms with E-state index in [1.807, 2.05) is 26.0 Å². The summed E-state index contributed by atoms with van der Waals surface area (Å²) >= 11 is 0. The minimum atomic E-state index is -0.993. The molecule has 0 saturated carbocycles. The summed E-state index contributed by atoms with van der Waals surface area (Å²) < 4.78 is 5.30. The van der Waals surface area contributed by atoms with Crippen molar-refractivity contribution >= 4 is 28.5 Å². The number of amides is 1. The lowest BCUT2D eigenvalue weighted by Gasteiger charge is -2.08. The number of nitrogens with one attached hydrogen (secondary N) is 1. The molecule has 3 aromatic rings. The van der Waals surface area contributed by atoms with Gasteiger partial charge < -0.3 is 20.1 Å². The van der Waals surface area contributed by atoms with E-state index in [1.165, 1.54) is 18.2 Å². The number of aromatic hydroxyl groups is 1. The molecule has 0 spiro atoms. The van der Waals surface area contributed by atoms with E-state index < -0.39 is 5.97 Å². The van der Waals surface area contributed by atoms with Crippen LogP contribution in [-0.4, -0.2) is 27.2 Å². The molecule has 0 aliphatic rings. The van der Waals surface area contributed by atoms with Crippen LogP contribution in [0.15, 0.2) is 34.9 Å². The van der Waals surface area contributed by atoms with Crippen molar-refractivity contribution < 1.29 is 24.3 Å². The standard InChI is InChI=1S/C19H18N2O5/c1-10-5-11(2)19-14(21-26-16(19)6-10)9-17(23)20-13-7-12(8-18(24)25)3-4-15(13)22/h3-7,22H,8-9H2,1-2H3,(H,20,23)(H,24,25). The molecule has 26 heavy (non-hydrogen) atoms. The van der Waals surface area contributed by atoms with Crippen molar-refractivity contribution in [2.45, 2.75) is 26.7 Å². The van der Waals surface area contributed by atoms with Crippen molar-refractivity contribution in [2.75, 3.05) is 5.32 Å². The fourth-order valence-electron chi connectivity index (χ4n) is 2.96. The number of carbonyl (C=O) groups excluding carboxylic acids is 1. The number of phenols is 1. The van der Waals surface area contributed by atoms with Gasteiger partial charge in [0.05, 0.1) is 18.5 Å². The number of carbonyl (C=O) groups is 2. The van der Waals surface area contributed by atoms with E-state index in [0.717, 1.165) is 16.5 Å². The Balaban J connectivity index is 1.81. The summed E-state index contributed by atoms with van der Waals surface area (Å²) in [6.45, 7) is 3.88. The normalized spacial score (nSPS) is 10.8. The third-order valence-electron chi connectivity index (χ3n) is 4.00. The van der Waals surface area contributed by atoms with Crippen molar-refractivity contribution in [1.82, 2.24) is 5.16 Å². The number of hydrogen-bond donors (Lipinski definition) is 3. The topological polar surface area (TPSA) is 113 Å². The van der Waals surface area contributed by atoms with E-state index in [-0.39, 0.29) is 30.2 Å². The molecular formula is C19H18N2O5. The number of hydrogen-bond acceptors (Lipinski definition) is 5. The van der Waals surface area contributed by atoms with Gasteiger partial charge in [-0.15, -0.1) is 0 Å². The van der Waals surface area contributed by atoms with Gasteiger partial charge in [0.15, 0.2) is 5.58 Å². The van der Waals surface area contributed by atoms with E-state index in [2.05, 4.69) is 10.5 Å². The lowest BCUT2D eigenvalue weighted by molar-refractivity contribution is -0.136. The molecule has 0 bridgehead atoms. The Morgan fingerprint density at radius 1 is 1.15 bits per heavy atom. The summed E-state index contributed by atoms with van der Waals surface area (Å²) in [5.74, 6) is -1.51. The lowest BCUT2D eigenvalue weighted by Crippen LogP contribution is -2.15. The SMILES string of the molecule is Cc1cc(C)c2c(CC(=O)Nc3cc(CC(=O)O)ccc3O)noc2c1. The van der Waals surface area contributed by atoms with Crippen molar-refractivity contribution in [3.63, 3.8) is 0 Å². The van der Waals surface area contributed by atoms with Gasteiger partial charge in [-0.05, 0) is 48.7 Å². The molecular weight excluding hydrogens is 336 g/mol. The minimum absolute atomic E-state index is 0.0283. The number of phenolic OH excluding ortho intramolecular Hbond substituents is 1. The second-order valence-electron chi connectivity index (χ2n) is 6.23. The van der Waals surface area contributed by atoms with Crippen LogP contribution in [0.25, 0.3) is 11.0 Å². The molecule has 2 aromatic carbocycles. The summed E-state index contributed by atoms with van der Waals surface area (Å²) in [6, 6.07) is 8.14. The first-order valence-electron chi connectivity index (χ1n) is 8.02. The Kier molecular flexibility index (Phi) is 4.62. The van der Waals surface area contributed by atoms with Crippen LogP contribution in [-0.2, 0) is 22.4 Å². The third-order valence-corrected chi connectivity index (χ3v) is 4.00. The van der Waals surface area contributed by atoms with Crippen LogP contribution in [0.4, 0.5) is 5.69 Å². The number of benzene rings is 2. The number of anilines is 1. The highest BCUT2D eigenvalue weighted by Gasteiger charge is 2.16. The predicted molar refractivity (Wildman–Crippen MR) is 95.3 cm³/mol. The highest BCUT2D eigenvalue weighted by Crippen LogP contribution is 2.27. The molecule has 3 N–H and O–H groups in total. The Morgan fingerprint density at radius 2 is 1.92 bits per heavy atom. The summed E-state index contributed by atoms with van der Waals surface area (Å²) in [5.41, 5.74) is 3.78. The molecule has 0 radical (unpaired) electrons. The Labute approximate surface area is 149 Å². The van der Waals surface area contributed by atoms with Gasteiger partial charge in [0, 0.05) is 5.39 Å². The molecule has 0 atom stereocenters. The molecule has 1 aromatic heterocycles. The maximum Gasteiger partial charge on any atom is 0.307 e. The molecule has 7 heteroatoms. The molecule has 0 saturated heterocycles. The molecule has 0 fully saturated rings. The molecule has 0 unspecified atom stereocenters. The largest absolute Gasteiger partial charge is 0.506 e. The van der Waals surface area contributed by atoms with Gasteiger partial charge in [-0.1, -0.05) is 17.3 Å². The van der Waals surface area contributed by atoms with Crippen molar-refractivity contribution in [1.29, 1.82) is 0 Å². The van der Waals surface area contributed by atoms with Gasteiger partial charge in [-0.25, -0.2) is 0 Å². The van der Waals surface area contributed by atoms with Crippen LogP contribution in [0.1, 0.15) is 22.4 Å². The Bertz CT molecular complexity index is 1010. The second-order valence-corrected chi connectivity index (χ2v) is 6.23. The van der Waals surface area contributed by atoms with E-state index >= 15 is 0 Å². The second kappa shape index (κ2) is 6.87. The van der Waals surface area contributed by atoms with Crippen LogP contribution in [0.3, 0.4) is 0 Å². The first-order valence-corrected chi connectivity index (χ1v) is 8.02. The molecule has 134 valence electrons. The molecule has 3 rings (SSSR count). The van der Waals surface area contributed by atoms with Gasteiger partial charge in [0.25, 0.3) is 0 Å². The number of aliphatic carboxylic acids is 1. The number of carboxylic acids is 1. The third kappa shape index (κ3) is 3.66. The zero-order valence-electron chi connectivity index (χ0n) is 14.4. The van der Waals surface area contributed by atoms with Crippen LogP contribution in [0.2, 0.25) is 0 Å². The summed E-state index contributed by atoms with van der Waals surface area (Å²) in [6.07, 6.45) is -0.227. The fourth-order valence-corrected chi connectivity index (χ4v) is 2.96.